The second-order valence-corrected chi connectivity index (χ2v) is 4.79. The molecule has 4 nitrogen and oxygen atoms in total. The third kappa shape index (κ3) is 3.11. The van der Waals surface area contributed by atoms with E-state index in [4.69, 9.17) is 0 Å². The van der Waals surface area contributed by atoms with Crippen LogP contribution in [0.15, 0.2) is 17.1 Å². The van der Waals surface area contributed by atoms with Crippen LogP contribution in [0.2, 0.25) is 0 Å². The Morgan fingerprint density at radius 2 is 2.27 bits per heavy atom. The highest BCUT2D eigenvalue weighted by molar-refractivity contribution is 7.13. The number of piperidine rings is 1. The molecular formula is C10H16N3OP. The largest absolute Gasteiger partial charge is 0.311 e. The van der Waals surface area contributed by atoms with Gasteiger partial charge in [0.1, 0.15) is 5.82 Å². The summed E-state index contributed by atoms with van der Waals surface area (Å²) in [6, 6.07) is 1.45. The standard InChI is InChI=1S/C10H16N3OP/c14-10-1-4-11-9(12-10)7-8-2-5-13(15)6-3-8/h1,4,8H,2-3,5-7,15H2,(H,11,12,14). The zero-order valence-electron chi connectivity index (χ0n) is 8.65. The topological polar surface area (TPSA) is 49.0 Å². The van der Waals surface area contributed by atoms with Gasteiger partial charge in [-0.2, -0.15) is 0 Å². The van der Waals surface area contributed by atoms with Gasteiger partial charge in [-0.25, -0.2) is 4.98 Å². The molecule has 0 amide bonds. The summed E-state index contributed by atoms with van der Waals surface area (Å²) in [6.07, 6.45) is 4.85. The molecule has 1 aromatic heterocycles. The fourth-order valence-corrected chi connectivity index (χ4v) is 2.24. The number of rotatable bonds is 2. The second-order valence-electron chi connectivity index (χ2n) is 4.06. The number of hydrogen-bond donors (Lipinski definition) is 1. The van der Waals surface area contributed by atoms with E-state index >= 15 is 0 Å². The average Bonchev–Trinajstić information content (AvgIpc) is 2.22. The molecule has 0 aromatic carbocycles. The number of nitrogens with one attached hydrogen (secondary N) is 1. The van der Waals surface area contributed by atoms with Crippen molar-refractivity contribution in [2.75, 3.05) is 13.1 Å². The van der Waals surface area contributed by atoms with Crippen molar-refractivity contribution in [1.29, 1.82) is 0 Å². The predicted molar refractivity (Wildman–Crippen MR) is 62.6 cm³/mol. The van der Waals surface area contributed by atoms with Crippen LogP contribution >= 0.6 is 9.39 Å². The Morgan fingerprint density at radius 1 is 1.53 bits per heavy atom. The van der Waals surface area contributed by atoms with Gasteiger partial charge in [-0.05, 0) is 18.8 Å². The minimum Gasteiger partial charge on any atom is -0.311 e. The molecule has 0 spiro atoms. The molecule has 2 heterocycles. The van der Waals surface area contributed by atoms with E-state index in [1.54, 1.807) is 6.20 Å². The fraction of sp³-hybridized carbons (Fsp3) is 0.600. The smallest absolute Gasteiger partial charge is 0.250 e. The number of hydrogen-bond acceptors (Lipinski definition) is 3. The molecule has 82 valence electrons. The van der Waals surface area contributed by atoms with Gasteiger partial charge in [0.15, 0.2) is 0 Å². The Kier molecular flexibility index (Phi) is 3.49. The average molecular weight is 225 g/mol. The lowest BCUT2D eigenvalue weighted by Gasteiger charge is -2.28. The van der Waals surface area contributed by atoms with E-state index in [0.717, 1.165) is 25.3 Å². The van der Waals surface area contributed by atoms with Crippen LogP contribution in [0.4, 0.5) is 0 Å². The number of nitrogens with zero attached hydrogens (tertiary/aromatic N) is 2. The first-order valence-electron chi connectivity index (χ1n) is 5.28. The van der Waals surface area contributed by atoms with E-state index in [0.29, 0.717) is 5.92 Å². The maximum atomic E-state index is 11.1. The minimum absolute atomic E-state index is 0.0523. The molecule has 0 aliphatic carbocycles. The zero-order valence-corrected chi connectivity index (χ0v) is 9.80. The van der Waals surface area contributed by atoms with Crippen molar-refractivity contribution in [1.82, 2.24) is 14.6 Å². The van der Waals surface area contributed by atoms with Crippen molar-refractivity contribution < 1.29 is 0 Å². The number of aromatic amines is 1. The molecule has 1 aliphatic heterocycles. The molecule has 5 heteroatoms. The molecule has 1 saturated heterocycles. The molecule has 1 N–H and O–H groups in total. The van der Waals surface area contributed by atoms with Crippen molar-refractivity contribution in [3.63, 3.8) is 0 Å². The summed E-state index contributed by atoms with van der Waals surface area (Å²) in [4.78, 5) is 18.0. The summed E-state index contributed by atoms with van der Waals surface area (Å²) in [5.41, 5.74) is -0.0523. The lowest BCUT2D eigenvalue weighted by atomic mass is 9.94. The first-order chi connectivity index (χ1) is 7.24. The van der Waals surface area contributed by atoms with Gasteiger partial charge < -0.3 is 4.98 Å². The van der Waals surface area contributed by atoms with Gasteiger partial charge in [0.25, 0.3) is 5.56 Å². The Balaban J connectivity index is 1.94. The molecular weight excluding hydrogens is 209 g/mol. The molecule has 0 bridgehead atoms. The Hall–Kier alpha value is -0.730. The highest BCUT2D eigenvalue weighted by Gasteiger charge is 2.17. The Labute approximate surface area is 91.4 Å². The van der Waals surface area contributed by atoms with Crippen LogP contribution in [-0.2, 0) is 6.42 Å². The summed E-state index contributed by atoms with van der Waals surface area (Å²) in [5.74, 6) is 1.48. The van der Waals surface area contributed by atoms with Gasteiger partial charge in [0, 0.05) is 31.8 Å². The molecule has 0 saturated carbocycles. The van der Waals surface area contributed by atoms with Gasteiger partial charge in [-0.3, -0.25) is 9.46 Å². The van der Waals surface area contributed by atoms with Crippen LogP contribution in [0.1, 0.15) is 18.7 Å². The maximum absolute atomic E-state index is 11.1. The van der Waals surface area contributed by atoms with Crippen molar-refractivity contribution in [2.45, 2.75) is 19.3 Å². The first kappa shape index (κ1) is 10.8. The van der Waals surface area contributed by atoms with Gasteiger partial charge in [-0.1, -0.05) is 9.39 Å². The SMILES string of the molecule is O=c1ccnc(CC2CCN(P)CC2)[nH]1. The molecule has 2 rings (SSSR count). The summed E-state index contributed by atoms with van der Waals surface area (Å²) in [6.45, 7) is 2.23. The molecule has 1 atom stereocenters. The third-order valence-electron chi connectivity index (χ3n) is 2.85. The maximum Gasteiger partial charge on any atom is 0.250 e. The molecule has 1 unspecified atom stereocenters. The summed E-state index contributed by atoms with van der Waals surface area (Å²) in [5, 5.41) is 0. The van der Waals surface area contributed by atoms with E-state index in [-0.39, 0.29) is 5.56 Å². The normalized spacial score (nSPS) is 19.3. The minimum atomic E-state index is -0.0523. The Morgan fingerprint density at radius 3 is 2.93 bits per heavy atom. The lowest BCUT2D eigenvalue weighted by Crippen LogP contribution is -2.27. The van der Waals surface area contributed by atoms with Crippen molar-refractivity contribution >= 4 is 9.39 Å². The summed E-state index contributed by atoms with van der Waals surface area (Å²) in [7, 11) is 2.74. The van der Waals surface area contributed by atoms with E-state index in [1.165, 1.54) is 18.9 Å². The van der Waals surface area contributed by atoms with Gasteiger partial charge >= 0.3 is 0 Å². The number of H-pyrrole nitrogens is 1. The van der Waals surface area contributed by atoms with Crippen LogP contribution < -0.4 is 5.56 Å². The van der Waals surface area contributed by atoms with Crippen molar-refractivity contribution in [3.8, 4) is 0 Å². The first-order valence-corrected chi connectivity index (χ1v) is 5.79. The number of aromatic nitrogens is 2. The monoisotopic (exact) mass is 225 g/mol. The highest BCUT2D eigenvalue weighted by Crippen LogP contribution is 2.21. The van der Waals surface area contributed by atoms with Gasteiger partial charge in [0.05, 0.1) is 0 Å². The highest BCUT2D eigenvalue weighted by atomic mass is 31.0. The van der Waals surface area contributed by atoms with Gasteiger partial charge in [-0.15, -0.1) is 0 Å². The van der Waals surface area contributed by atoms with E-state index in [2.05, 4.69) is 24.0 Å². The van der Waals surface area contributed by atoms with E-state index < -0.39 is 0 Å². The van der Waals surface area contributed by atoms with Crippen LogP contribution in [0, 0.1) is 5.92 Å². The van der Waals surface area contributed by atoms with E-state index in [9.17, 15) is 4.79 Å². The fourth-order valence-electron chi connectivity index (χ4n) is 1.95. The second kappa shape index (κ2) is 4.86. The lowest BCUT2D eigenvalue weighted by molar-refractivity contribution is 0.286. The third-order valence-corrected chi connectivity index (χ3v) is 3.37. The van der Waals surface area contributed by atoms with E-state index in [1.807, 2.05) is 0 Å². The van der Waals surface area contributed by atoms with Crippen LogP contribution in [0.25, 0.3) is 0 Å². The van der Waals surface area contributed by atoms with Crippen molar-refractivity contribution in [3.05, 3.63) is 28.4 Å². The molecule has 0 radical (unpaired) electrons. The Bertz CT molecular complexity index is 371. The molecule has 1 fully saturated rings. The molecule has 1 aliphatic rings. The molecule has 1 aromatic rings. The van der Waals surface area contributed by atoms with Gasteiger partial charge in [0.2, 0.25) is 0 Å². The predicted octanol–water partition coefficient (Wildman–Crippen LogP) is 0.815. The summed E-state index contributed by atoms with van der Waals surface area (Å²) >= 11 is 0. The van der Waals surface area contributed by atoms with Crippen LogP contribution in [-0.4, -0.2) is 27.7 Å². The molecule has 15 heavy (non-hydrogen) atoms. The zero-order chi connectivity index (χ0) is 10.7. The summed E-state index contributed by atoms with van der Waals surface area (Å²) < 4.78 is 2.26. The quantitative estimate of drug-likeness (QED) is 0.758. The van der Waals surface area contributed by atoms with Crippen molar-refractivity contribution in [2.24, 2.45) is 5.92 Å². The van der Waals surface area contributed by atoms with Crippen LogP contribution in [0.3, 0.4) is 0 Å². The van der Waals surface area contributed by atoms with Crippen LogP contribution in [0.5, 0.6) is 0 Å².